The fourth-order valence-corrected chi connectivity index (χ4v) is 2.27. The zero-order valence-corrected chi connectivity index (χ0v) is 13.1. The van der Waals surface area contributed by atoms with Gasteiger partial charge in [0.15, 0.2) is 0 Å². The summed E-state index contributed by atoms with van der Waals surface area (Å²) in [6.45, 7) is 8.69. The van der Waals surface area contributed by atoms with E-state index in [4.69, 9.17) is 10.5 Å². The average molecular weight is 268 g/mol. The molecule has 0 bridgehead atoms. The van der Waals surface area contributed by atoms with Crippen LogP contribution in [0.5, 0.6) is 0 Å². The Balaban J connectivity index is 3.04. The molecule has 1 aromatic rings. The second-order valence-corrected chi connectivity index (χ2v) is 6.08. The van der Waals surface area contributed by atoms with Crippen LogP contribution in [0, 0.1) is 0 Å². The van der Waals surface area contributed by atoms with E-state index >= 15 is 0 Å². The summed E-state index contributed by atoms with van der Waals surface area (Å²) in [5.74, 6) is 0. The van der Waals surface area contributed by atoms with Crippen LogP contribution in [-0.2, 0) is 17.2 Å². The number of methoxy groups -OCH3 is 1. The summed E-state index contributed by atoms with van der Waals surface area (Å²) in [6, 6.07) is 0.179. The molecule has 5 nitrogen and oxygen atoms in total. The predicted molar refractivity (Wildman–Crippen MR) is 78.2 cm³/mol. The van der Waals surface area contributed by atoms with Crippen LogP contribution in [-0.4, -0.2) is 48.5 Å². The molecule has 0 amide bonds. The number of hydrogen-bond donors (Lipinski definition) is 1. The largest absolute Gasteiger partial charge is 0.383 e. The molecule has 0 aliphatic heterocycles. The predicted octanol–water partition coefficient (Wildman–Crippen LogP) is 1.30. The molecule has 110 valence electrons. The van der Waals surface area contributed by atoms with Crippen LogP contribution in [0.15, 0.2) is 6.20 Å². The van der Waals surface area contributed by atoms with E-state index in [0.717, 1.165) is 12.2 Å². The van der Waals surface area contributed by atoms with Gasteiger partial charge in [0.1, 0.15) is 0 Å². The zero-order valence-electron chi connectivity index (χ0n) is 13.1. The molecule has 0 saturated heterocycles. The van der Waals surface area contributed by atoms with Crippen LogP contribution < -0.4 is 5.73 Å². The third kappa shape index (κ3) is 4.03. The van der Waals surface area contributed by atoms with E-state index in [1.54, 1.807) is 7.11 Å². The SMILES string of the molecule is COCCN(C)C(CN)c1cn(C)nc1C(C)(C)C. The van der Waals surface area contributed by atoms with Gasteiger partial charge in [0.2, 0.25) is 0 Å². The third-order valence-electron chi connectivity index (χ3n) is 3.33. The van der Waals surface area contributed by atoms with Gasteiger partial charge in [-0.05, 0) is 7.05 Å². The van der Waals surface area contributed by atoms with Gasteiger partial charge in [-0.25, -0.2) is 0 Å². The van der Waals surface area contributed by atoms with Gasteiger partial charge >= 0.3 is 0 Å². The molecule has 0 spiro atoms. The van der Waals surface area contributed by atoms with Gasteiger partial charge in [0, 0.05) is 44.4 Å². The monoisotopic (exact) mass is 268 g/mol. The minimum Gasteiger partial charge on any atom is -0.383 e. The number of nitrogens with zero attached hydrogens (tertiary/aromatic N) is 3. The smallest absolute Gasteiger partial charge is 0.0726 e. The third-order valence-corrected chi connectivity index (χ3v) is 3.33. The van der Waals surface area contributed by atoms with Crippen LogP contribution in [0.1, 0.15) is 38.1 Å². The lowest BCUT2D eigenvalue weighted by molar-refractivity contribution is 0.140. The molecule has 1 unspecified atom stereocenters. The first kappa shape index (κ1) is 16.1. The summed E-state index contributed by atoms with van der Waals surface area (Å²) in [7, 11) is 5.76. The van der Waals surface area contributed by atoms with Crippen molar-refractivity contribution in [3.63, 3.8) is 0 Å². The number of likely N-dealkylation sites (N-methyl/N-ethyl adjacent to an activating group) is 1. The number of hydrogen-bond acceptors (Lipinski definition) is 4. The molecule has 0 saturated carbocycles. The summed E-state index contributed by atoms with van der Waals surface area (Å²) in [5.41, 5.74) is 8.34. The Labute approximate surface area is 116 Å². The lowest BCUT2D eigenvalue weighted by Crippen LogP contribution is -2.34. The molecule has 1 aromatic heterocycles. The molecule has 0 aliphatic carbocycles. The van der Waals surface area contributed by atoms with Crippen molar-refractivity contribution in [2.45, 2.75) is 32.2 Å². The summed E-state index contributed by atoms with van der Waals surface area (Å²) in [5, 5.41) is 4.62. The van der Waals surface area contributed by atoms with Crippen molar-refractivity contribution < 1.29 is 4.74 Å². The average Bonchev–Trinajstić information content (AvgIpc) is 2.69. The van der Waals surface area contributed by atoms with Crippen molar-refractivity contribution >= 4 is 0 Å². The second kappa shape index (κ2) is 6.50. The highest BCUT2D eigenvalue weighted by Crippen LogP contribution is 2.30. The molecule has 2 N–H and O–H groups in total. The summed E-state index contributed by atoms with van der Waals surface area (Å²) >= 11 is 0. The molecule has 1 rings (SSSR count). The minimum absolute atomic E-state index is 0.0200. The molecular formula is C14H28N4O. The fraction of sp³-hybridized carbons (Fsp3) is 0.786. The molecule has 1 heterocycles. The van der Waals surface area contributed by atoms with Gasteiger partial charge in [0.25, 0.3) is 0 Å². The van der Waals surface area contributed by atoms with Gasteiger partial charge in [0.05, 0.1) is 18.3 Å². The van der Waals surface area contributed by atoms with Crippen molar-refractivity contribution in [2.24, 2.45) is 12.8 Å². The molecule has 0 aliphatic rings. The Kier molecular flexibility index (Phi) is 5.52. The summed E-state index contributed by atoms with van der Waals surface area (Å²) < 4.78 is 7.02. The lowest BCUT2D eigenvalue weighted by Gasteiger charge is -2.29. The Morgan fingerprint density at radius 2 is 2.11 bits per heavy atom. The molecule has 5 heteroatoms. The highest BCUT2D eigenvalue weighted by Gasteiger charge is 2.27. The lowest BCUT2D eigenvalue weighted by atomic mass is 9.87. The van der Waals surface area contributed by atoms with Crippen LogP contribution in [0.2, 0.25) is 0 Å². The van der Waals surface area contributed by atoms with Crippen LogP contribution in [0.4, 0.5) is 0 Å². The molecule has 0 aromatic carbocycles. The topological polar surface area (TPSA) is 56.3 Å². The van der Waals surface area contributed by atoms with E-state index in [1.165, 1.54) is 5.56 Å². The number of aromatic nitrogens is 2. The number of aryl methyl sites for hydroxylation is 1. The first-order valence-electron chi connectivity index (χ1n) is 6.74. The maximum atomic E-state index is 5.98. The maximum Gasteiger partial charge on any atom is 0.0726 e. The van der Waals surface area contributed by atoms with Crippen LogP contribution >= 0.6 is 0 Å². The second-order valence-electron chi connectivity index (χ2n) is 6.08. The quantitative estimate of drug-likeness (QED) is 0.845. The molecule has 0 fully saturated rings. The molecule has 19 heavy (non-hydrogen) atoms. The summed E-state index contributed by atoms with van der Waals surface area (Å²) in [6.07, 6.45) is 2.08. The number of ether oxygens (including phenoxy) is 1. The van der Waals surface area contributed by atoms with Crippen molar-refractivity contribution in [3.05, 3.63) is 17.5 Å². The van der Waals surface area contributed by atoms with Crippen molar-refractivity contribution in [2.75, 3.05) is 33.9 Å². The first-order chi connectivity index (χ1) is 8.81. The van der Waals surface area contributed by atoms with E-state index in [9.17, 15) is 0 Å². The van der Waals surface area contributed by atoms with Crippen LogP contribution in [0.3, 0.4) is 0 Å². The van der Waals surface area contributed by atoms with Gasteiger partial charge in [-0.1, -0.05) is 20.8 Å². The van der Waals surface area contributed by atoms with Crippen molar-refractivity contribution in [1.82, 2.24) is 14.7 Å². The first-order valence-corrected chi connectivity index (χ1v) is 6.74. The zero-order chi connectivity index (χ0) is 14.6. The molecule has 0 radical (unpaired) electrons. The Bertz CT molecular complexity index is 395. The van der Waals surface area contributed by atoms with E-state index in [1.807, 2.05) is 11.7 Å². The fourth-order valence-electron chi connectivity index (χ4n) is 2.27. The van der Waals surface area contributed by atoms with E-state index in [0.29, 0.717) is 13.2 Å². The normalized spacial score (nSPS) is 14.1. The van der Waals surface area contributed by atoms with Gasteiger partial charge < -0.3 is 10.5 Å². The Morgan fingerprint density at radius 3 is 2.58 bits per heavy atom. The van der Waals surface area contributed by atoms with E-state index in [-0.39, 0.29) is 11.5 Å². The molecular weight excluding hydrogens is 240 g/mol. The Morgan fingerprint density at radius 1 is 1.47 bits per heavy atom. The number of nitrogens with two attached hydrogens (primary N) is 1. The summed E-state index contributed by atoms with van der Waals surface area (Å²) in [4.78, 5) is 2.23. The van der Waals surface area contributed by atoms with Crippen molar-refractivity contribution in [1.29, 1.82) is 0 Å². The Hall–Kier alpha value is -0.910. The number of rotatable bonds is 6. The van der Waals surface area contributed by atoms with Crippen molar-refractivity contribution in [3.8, 4) is 0 Å². The minimum atomic E-state index is 0.0200. The van der Waals surface area contributed by atoms with Crippen LogP contribution in [0.25, 0.3) is 0 Å². The highest BCUT2D eigenvalue weighted by molar-refractivity contribution is 5.27. The highest BCUT2D eigenvalue weighted by atomic mass is 16.5. The molecule has 1 atom stereocenters. The van der Waals surface area contributed by atoms with Gasteiger partial charge in [-0.3, -0.25) is 9.58 Å². The van der Waals surface area contributed by atoms with Gasteiger partial charge in [-0.15, -0.1) is 0 Å². The standard InChI is InChI=1S/C14H28N4O/c1-14(2,3)13-11(10-18(5)16-13)12(9-15)17(4)7-8-19-6/h10,12H,7-9,15H2,1-6H3. The van der Waals surface area contributed by atoms with E-state index in [2.05, 4.69) is 44.0 Å². The van der Waals surface area contributed by atoms with E-state index < -0.39 is 0 Å². The van der Waals surface area contributed by atoms with Gasteiger partial charge in [-0.2, -0.15) is 5.10 Å². The maximum absolute atomic E-state index is 5.98.